The molecule has 1 aliphatic carbocycles. The molecule has 32 heavy (non-hydrogen) atoms. The Balaban J connectivity index is 1.44. The molecule has 2 aliphatic rings. The van der Waals surface area contributed by atoms with E-state index in [1.807, 2.05) is 19.0 Å². The maximum absolute atomic E-state index is 13.1. The summed E-state index contributed by atoms with van der Waals surface area (Å²) in [4.78, 5) is 14.7. The molecule has 2 N–H and O–H groups in total. The zero-order valence-electron chi connectivity index (χ0n) is 18.2. The predicted octanol–water partition coefficient (Wildman–Crippen LogP) is 3.08. The summed E-state index contributed by atoms with van der Waals surface area (Å²) in [5.74, 6) is -0.0638. The van der Waals surface area contributed by atoms with Gasteiger partial charge in [-0.1, -0.05) is 29.5 Å². The van der Waals surface area contributed by atoms with E-state index < -0.39 is 10.0 Å². The fourth-order valence-corrected chi connectivity index (χ4v) is 6.64. The quantitative estimate of drug-likeness (QED) is 0.510. The van der Waals surface area contributed by atoms with Crippen molar-refractivity contribution in [1.29, 1.82) is 0 Å². The van der Waals surface area contributed by atoms with Crippen LogP contribution in [0.4, 0.5) is 16.5 Å². The molecule has 1 amide bonds. The van der Waals surface area contributed by atoms with Crippen LogP contribution in [0.1, 0.15) is 32.1 Å². The molecule has 4 rings (SSSR count). The standard InChI is InChI=1S/C20H28N6O3S3/c1-25(2)17-9-8-15(32(28,29)26-10-4-3-5-11-26)12-16(17)22-18(27)13-30-20-24-23-19(31-20)21-14-6-7-14/h8-9,12,14H,3-7,10-11,13H2,1-2H3,(H,21,23)(H,22,27). The summed E-state index contributed by atoms with van der Waals surface area (Å²) in [6, 6.07) is 5.41. The first-order valence-corrected chi connectivity index (χ1v) is 13.9. The molecule has 2 aromatic rings. The third kappa shape index (κ3) is 5.72. The highest BCUT2D eigenvalue weighted by Gasteiger charge is 2.27. The number of amides is 1. The van der Waals surface area contributed by atoms with Crippen molar-refractivity contribution in [3.63, 3.8) is 0 Å². The Morgan fingerprint density at radius 3 is 2.66 bits per heavy atom. The van der Waals surface area contributed by atoms with Crippen molar-refractivity contribution >= 4 is 55.5 Å². The van der Waals surface area contributed by atoms with Crippen LogP contribution in [0.2, 0.25) is 0 Å². The van der Waals surface area contributed by atoms with E-state index in [0.29, 0.717) is 24.8 Å². The summed E-state index contributed by atoms with van der Waals surface area (Å²) in [5.41, 5.74) is 1.22. The van der Waals surface area contributed by atoms with Crippen LogP contribution in [0.5, 0.6) is 0 Å². The molecule has 0 radical (unpaired) electrons. The average Bonchev–Trinajstić information content (AvgIpc) is 3.48. The summed E-state index contributed by atoms with van der Waals surface area (Å²) in [5, 5.41) is 15.2. The minimum Gasteiger partial charge on any atom is -0.376 e. The second-order valence-electron chi connectivity index (χ2n) is 8.17. The maximum atomic E-state index is 13.1. The highest BCUT2D eigenvalue weighted by atomic mass is 32.2. The van der Waals surface area contributed by atoms with Crippen molar-refractivity contribution in [3.05, 3.63) is 18.2 Å². The number of rotatable bonds is 9. The zero-order chi connectivity index (χ0) is 22.7. The summed E-state index contributed by atoms with van der Waals surface area (Å²) >= 11 is 2.75. The molecule has 0 atom stereocenters. The van der Waals surface area contributed by atoms with Gasteiger partial charge in [0, 0.05) is 33.2 Å². The van der Waals surface area contributed by atoms with E-state index in [4.69, 9.17) is 0 Å². The van der Waals surface area contributed by atoms with Crippen LogP contribution < -0.4 is 15.5 Å². The van der Waals surface area contributed by atoms with Gasteiger partial charge in [0.1, 0.15) is 0 Å². The van der Waals surface area contributed by atoms with Crippen molar-refractivity contribution in [2.45, 2.75) is 47.4 Å². The van der Waals surface area contributed by atoms with E-state index in [0.717, 1.165) is 47.3 Å². The number of hydrogen-bond acceptors (Lipinski definition) is 9. The van der Waals surface area contributed by atoms with Crippen LogP contribution in [0, 0.1) is 0 Å². The number of piperidine rings is 1. The van der Waals surface area contributed by atoms with E-state index in [9.17, 15) is 13.2 Å². The largest absolute Gasteiger partial charge is 0.376 e. The van der Waals surface area contributed by atoms with E-state index >= 15 is 0 Å². The Labute approximate surface area is 197 Å². The van der Waals surface area contributed by atoms with Crippen LogP contribution in [0.3, 0.4) is 0 Å². The molecule has 0 unspecified atom stereocenters. The van der Waals surface area contributed by atoms with Gasteiger partial charge in [0.15, 0.2) is 4.34 Å². The van der Waals surface area contributed by atoms with E-state index in [2.05, 4.69) is 20.8 Å². The Kier molecular flexibility index (Phi) is 7.23. The highest BCUT2D eigenvalue weighted by Crippen LogP contribution is 2.32. The van der Waals surface area contributed by atoms with Crippen LogP contribution >= 0.6 is 23.1 Å². The summed E-state index contributed by atoms with van der Waals surface area (Å²) in [6.45, 7) is 1.07. The number of benzene rings is 1. The van der Waals surface area contributed by atoms with Gasteiger partial charge in [-0.25, -0.2) is 8.42 Å². The second kappa shape index (κ2) is 9.94. The fraction of sp³-hybridized carbons (Fsp3) is 0.550. The van der Waals surface area contributed by atoms with Gasteiger partial charge in [-0.05, 0) is 43.9 Å². The lowest BCUT2D eigenvalue weighted by Gasteiger charge is -2.26. The number of thioether (sulfide) groups is 1. The third-order valence-electron chi connectivity index (χ3n) is 5.31. The van der Waals surface area contributed by atoms with Crippen molar-refractivity contribution in [2.75, 3.05) is 48.5 Å². The first-order valence-electron chi connectivity index (χ1n) is 10.7. The lowest BCUT2D eigenvalue weighted by atomic mass is 10.2. The van der Waals surface area contributed by atoms with E-state index in [1.54, 1.807) is 18.2 Å². The molecule has 0 bridgehead atoms. The fourth-order valence-electron chi connectivity index (χ4n) is 3.46. The topological polar surface area (TPSA) is 108 Å². The third-order valence-corrected chi connectivity index (χ3v) is 9.20. The number of nitrogens with one attached hydrogen (secondary N) is 2. The highest BCUT2D eigenvalue weighted by molar-refractivity contribution is 8.01. The van der Waals surface area contributed by atoms with E-state index in [-0.39, 0.29) is 16.6 Å². The number of nitrogens with zero attached hydrogens (tertiary/aromatic N) is 4. The Morgan fingerprint density at radius 2 is 1.97 bits per heavy atom. The molecule has 0 spiro atoms. The lowest BCUT2D eigenvalue weighted by Crippen LogP contribution is -2.35. The molecule has 1 aromatic carbocycles. The normalized spacial score (nSPS) is 17.2. The van der Waals surface area contributed by atoms with E-state index in [1.165, 1.54) is 27.4 Å². The summed E-state index contributed by atoms with van der Waals surface area (Å²) in [7, 11) is 0.125. The molecule has 2 fully saturated rings. The first kappa shape index (κ1) is 23.3. The zero-order valence-corrected chi connectivity index (χ0v) is 20.7. The molecule has 2 heterocycles. The van der Waals surface area contributed by atoms with Gasteiger partial charge in [-0.3, -0.25) is 4.79 Å². The molecule has 12 heteroatoms. The number of carbonyl (C=O) groups excluding carboxylic acids is 1. The smallest absolute Gasteiger partial charge is 0.243 e. The molecular weight excluding hydrogens is 468 g/mol. The predicted molar refractivity (Wildman–Crippen MR) is 129 cm³/mol. The van der Waals surface area contributed by atoms with Crippen LogP contribution in [0.15, 0.2) is 27.4 Å². The Morgan fingerprint density at radius 1 is 1.22 bits per heavy atom. The first-order chi connectivity index (χ1) is 15.3. The van der Waals surface area contributed by atoms with Gasteiger partial charge in [0.25, 0.3) is 0 Å². The van der Waals surface area contributed by atoms with Crippen LogP contribution in [-0.4, -0.2) is 67.8 Å². The van der Waals surface area contributed by atoms with Crippen molar-refractivity contribution in [3.8, 4) is 0 Å². The molecule has 174 valence electrons. The lowest BCUT2D eigenvalue weighted by molar-refractivity contribution is -0.113. The second-order valence-corrected chi connectivity index (χ2v) is 12.3. The minimum atomic E-state index is -3.59. The molecule has 1 aromatic heterocycles. The van der Waals surface area contributed by atoms with Crippen LogP contribution in [0.25, 0.3) is 0 Å². The van der Waals surface area contributed by atoms with Gasteiger partial charge < -0.3 is 15.5 Å². The number of hydrogen-bond donors (Lipinski definition) is 2. The van der Waals surface area contributed by atoms with Crippen molar-refractivity contribution in [2.24, 2.45) is 0 Å². The van der Waals surface area contributed by atoms with Gasteiger partial charge in [0.05, 0.1) is 22.0 Å². The van der Waals surface area contributed by atoms with Crippen molar-refractivity contribution < 1.29 is 13.2 Å². The van der Waals surface area contributed by atoms with Gasteiger partial charge >= 0.3 is 0 Å². The Hall–Kier alpha value is -1.89. The monoisotopic (exact) mass is 496 g/mol. The van der Waals surface area contributed by atoms with Gasteiger partial charge in [0.2, 0.25) is 21.1 Å². The Bertz CT molecular complexity index is 1060. The summed E-state index contributed by atoms with van der Waals surface area (Å²) < 4.78 is 28.4. The van der Waals surface area contributed by atoms with Crippen molar-refractivity contribution in [1.82, 2.24) is 14.5 Å². The number of sulfonamides is 1. The average molecular weight is 497 g/mol. The molecular formula is C20H28N6O3S3. The molecule has 1 aliphatic heterocycles. The van der Waals surface area contributed by atoms with Gasteiger partial charge in [-0.15, -0.1) is 10.2 Å². The molecule has 1 saturated carbocycles. The SMILES string of the molecule is CN(C)c1ccc(S(=O)(=O)N2CCCCC2)cc1NC(=O)CSc1nnc(NC2CC2)s1. The van der Waals surface area contributed by atoms with Gasteiger partial charge in [-0.2, -0.15) is 4.31 Å². The number of anilines is 3. The number of carbonyl (C=O) groups is 1. The molecule has 9 nitrogen and oxygen atoms in total. The summed E-state index contributed by atoms with van der Waals surface area (Å²) in [6.07, 6.45) is 5.12. The minimum absolute atomic E-state index is 0.161. The number of aromatic nitrogens is 2. The molecule has 1 saturated heterocycles. The van der Waals surface area contributed by atoms with Crippen LogP contribution in [-0.2, 0) is 14.8 Å². The maximum Gasteiger partial charge on any atom is 0.243 e.